The number of thiazole rings is 1. The lowest BCUT2D eigenvalue weighted by Gasteiger charge is -2.02. The van der Waals surface area contributed by atoms with Crippen LogP contribution in [0.15, 0.2) is 23.0 Å². The van der Waals surface area contributed by atoms with Crippen molar-refractivity contribution in [1.82, 2.24) is 9.47 Å². The first-order chi connectivity index (χ1) is 14.3. The standard InChI is InChI=1S/C20H18N4O5S/c1-4-24-18(27)15(30-19(24)14(9-21)20(28)29-5-2)10-22-11-6-7-12-13(8-11)17(26)23(3)16(12)25/h6-8,10,22H,4-5H2,1-3H3/b15-10-,19-14-. The molecule has 30 heavy (non-hydrogen) atoms. The van der Waals surface area contributed by atoms with E-state index >= 15 is 0 Å². The summed E-state index contributed by atoms with van der Waals surface area (Å²) in [7, 11) is 1.41. The van der Waals surface area contributed by atoms with Gasteiger partial charge in [-0.25, -0.2) is 4.79 Å². The topological polar surface area (TPSA) is 122 Å². The van der Waals surface area contributed by atoms with Crippen molar-refractivity contribution in [3.8, 4) is 6.07 Å². The molecule has 154 valence electrons. The first kappa shape index (κ1) is 21.0. The van der Waals surface area contributed by atoms with E-state index in [1.165, 1.54) is 23.9 Å². The number of hydrogen-bond acceptors (Lipinski definition) is 8. The Balaban J connectivity index is 2.05. The number of hydrogen-bond donors (Lipinski definition) is 1. The van der Waals surface area contributed by atoms with Gasteiger partial charge in [0.2, 0.25) is 0 Å². The van der Waals surface area contributed by atoms with Gasteiger partial charge >= 0.3 is 5.97 Å². The van der Waals surface area contributed by atoms with Gasteiger partial charge in [0, 0.05) is 25.5 Å². The second kappa shape index (κ2) is 8.34. The van der Waals surface area contributed by atoms with E-state index in [0.29, 0.717) is 11.3 Å². The Hall–Kier alpha value is -3.71. The largest absolute Gasteiger partial charge is 0.462 e. The molecule has 10 heteroatoms. The third kappa shape index (κ3) is 3.51. The van der Waals surface area contributed by atoms with Crippen LogP contribution in [0.1, 0.15) is 34.6 Å². The summed E-state index contributed by atoms with van der Waals surface area (Å²) in [5, 5.41) is 12.3. The van der Waals surface area contributed by atoms with Crippen LogP contribution >= 0.6 is 11.3 Å². The van der Waals surface area contributed by atoms with Crippen LogP contribution in [0.2, 0.25) is 0 Å². The normalized spacial score (nSPS) is 14.5. The third-order valence-electron chi connectivity index (χ3n) is 4.49. The lowest BCUT2D eigenvalue weighted by atomic mass is 10.1. The fraction of sp³-hybridized carbons (Fsp3) is 0.250. The number of nitrogens with one attached hydrogen (secondary N) is 1. The number of anilines is 1. The quantitative estimate of drug-likeness (QED) is 0.537. The second-order valence-electron chi connectivity index (χ2n) is 6.25. The lowest BCUT2D eigenvalue weighted by molar-refractivity contribution is -0.136. The van der Waals surface area contributed by atoms with Crippen LogP contribution in [0.4, 0.5) is 5.69 Å². The first-order valence-electron chi connectivity index (χ1n) is 9.08. The maximum atomic E-state index is 12.7. The monoisotopic (exact) mass is 426 g/mol. The van der Waals surface area contributed by atoms with Crippen LogP contribution in [0.25, 0.3) is 11.8 Å². The molecule has 0 fully saturated rings. The average molecular weight is 426 g/mol. The van der Waals surface area contributed by atoms with Crippen molar-refractivity contribution in [3.05, 3.63) is 48.9 Å². The summed E-state index contributed by atoms with van der Waals surface area (Å²) in [5.41, 5.74) is 0.514. The molecule has 1 aromatic carbocycles. The molecule has 0 atom stereocenters. The molecule has 1 N–H and O–H groups in total. The number of carbonyl (C=O) groups excluding carboxylic acids is 3. The highest BCUT2D eigenvalue weighted by molar-refractivity contribution is 7.07. The van der Waals surface area contributed by atoms with Gasteiger partial charge in [0.1, 0.15) is 15.3 Å². The maximum absolute atomic E-state index is 12.7. The van der Waals surface area contributed by atoms with Crippen LogP contribution in [0.5, 0.6) is 0 Å². The smallest absolute Gasteiger partial charge is 0.351 e. The number of ether oxygens (including phenoxy) is 1. The molecule has 1 aliphatic heterocycles. The minimum atomic E-state index is -0.783. The van der Waals surface area contributed by atoms with Crippen molar-refractivity contribution >= 4 is 46.6 Å². The zero-order valence-electron chi connectivity index (χ0n) is 16.5. The highest BCUT2D eigenvalue weighted by atomic mass is 32.1. The van der Waals surface area contributed by atoms with E-state index in [4.69, 9.17) is 4.74 Å². The lowest BCUT2D eigenvalue weighted by Crippen LogP contribution is -2.32. The summed E-state index contributed by atoms with van der Waals surface area (Å²) in [6, 6.07) is 6.52. The molecule has 9 nitrogen and oxygen atoms in total. The van der Waals surface area contributed by atoms with Crippen molar-refractivity contribution in [2.75, 3.05) is 19.0 Å². The van der Waals surface area contributed by atoms with Crippen molar-refractivity contribution in [1.29, 1.82) is 5.26 Å². The van der Waals surface area contributed by atoms with Crippen molar-refractivity contribution in [2.45, 2.75) is 20.4 Å². The number of nitrogens with zero attached hydrogens (tertiary/aromatic N) is 3. The summed E-state index contributed by atoms with van der Waals surface area (Å²) in [5.74, 6) is -1.54. The van der Waals surface area contributed by atoms with E-state index in [9.17, 15) is 24.4 Å². The molecule has 0 bridgehead atoms. The molecule has 3 rings (SSSR count). The van der Waals surface area contributed by atoms with E-state index in [1.807, 2.05) is 6.07 Å². The molecule has 0 radical (unpaired) electrons. The number of aromatic nitrogens is 1. The highest BCUT2D eigenvalue weighted by Gasteiger charge is 2.32. The van der Waals surface area contributed by atoms with Crippen molar-refractivity contribution in [2.24, 2.45) is 0 Å². The van der Waals surface area contributed by atoms with Gasteiger partial charge in [-0.3, -0.25) is 23.9 Å². The number of benzene rings is 1. The number of fused-ring (bicyclic) bond motifs is 1. The predicted octanol–water partition coefficient (Wildman–Crippen LogP) is 0.243. The van der Waals surface area contributed by atoms with Gasteiger partial charge in [0.05, 0.1) is 17.7 Å². The van der Waals surface area contributed by atoms with E-state index in [1.54, 1.807) is 26.0 Å². The van der Waals surface area contributed by atoms with Crippen molar-refractivity contribution < 1.29 is 19.1 Å². The highest BCUT2D eigenvalue weighted by Crippen LogP contribution is 2.24. The summed E-state index contributed by atoms with van der Waals surface area (Å²) >= 11 is 0.986. The van der Waals surface area contributed by atoms with E-state index in [0.717, 1.165) is 16.2 Å². The Morgan fingerprint density at radius 1 is 1.23 bits per heavy atom. The number of imide groups is 1. The van der Waals surface area contributed by atoms with E-state index in [-0.39, 0.29) is 44.9 Å². The maximum Gasteiger partial charge on any atom is 0.351 e. The molecule has 0 aliphatic carbocycles. The number of esters is 1. The summed E-state index contributed by atoms with van der Waals surface area (Å²) in [6.45, 7) is 3.74. The van der Waals surface area contributed by atoms with E-state index in [2.05, 4.69) is 5.32 Å². The van der Waals surface area contributed by atoms with Crippen LogP contribution < -0.4 is 20.1 Å². The predicted molar refractivity (Wildman–Crippen MR) is 110 cm³/mol. The number of nitriles is 1. The zero-order valence-corrected chi connectivity index (χ0v) is 17.3. The molecule has 0 spiro atoms. The average Bonchev–Trinajstić information content (AvgIpc) is 3.16. The number of amides is 2. The van der Waals surface area contributed by atoms with Gasteiger partial charge in [0.15, 0.2) is 5.57 Å². The molecule has 2 heterocycles. The molecular formula is C20H18N4O5S. The van der Waals surface area contributed by atoms with Crippen LogP contribution in [-0.2, 0) is 16.1 Å². The first-order valence-corrected chi connectivity index (χ1v) is 9.90. The summed E-state index contributed by atoms with van der Waals surface area (Å²) in [6.07, 6.45) is 1.44. The molecule has 1 aromatic heterocycles. The zero-order chi connectivity index (χ0) is 22.0. The van der Waals surface area contributed by atoms with Gasteiger partial charge in [-0.15, -0.1) is 11.3 Å². The number of rotatable bonds is 5. The Morgan fingerprint density at radius 3 is 2.57 bits per heavy atom. The van der Waals surface area contributed by atoms with E-state index < -0.39 is 11.9 Å². The Kier molecular flexibility index (Phi) is 5.84. The van der Waals surface area contributed by atoms with Gasteiger partial charge in [-0.1, -0.05) is 0 Å². The summed E-state index contributed by atoms with van der Waals surface area (Å²) < 4.78 is 6.71. The molecule has 1 aliphatic rings. The number of carbonyl (C=O) groups is 3. The molecule has 0 saturated heterocycles. The van der Waals surface area contributed by atoms with Crippen LogP contribution in [0, 0.1) is 11.3 Å². The second-order valence-corrected chi connectivity index (χ2v) is 7.28. The van der Waals surface area contributed by atoms with Crippen LogP contribution in [0.3, 0.4) is 0 Å². The SMILES string of the molecule is CCOC(=O)/C(C#N)=c1\s/c(=C\Nc2ccc3c(c2)C(=O)N(C)C3=O)c(=O)n1CC. The van der Waals surface area contributed by atoms with Gasteiger partial charge in [-0.2, -0.15) is 5.26 Å². The molecular weight excluding hydrogens is 408 g/mol. The Labute approximate surface area is 175 Å². The fourth-order valence-corrected chi connectivity index (χ4v) is 4.05. The molecule has 2 amide bonds. The van der Waals surface area contributed by atoms with Crippen LogP contribution in [-0.4, -0.2) is 40.9 Å². The molecule has 0 unspecified atom stereocenters. The van der Waals surface area contributed by atoms with Crippen molar-refractivity contribution in [3.63, 3.8) is 0 Å². The van der Waals surface area contributed by atoms with Gasteiger partial charge in [-0.05, 0) is 32.0 Å². The Morgan fingerprint density at radius 2 is 1.93 bits per heavy atom. The van der Waals surface area contributed by atoms with Gasteiger partial charge in [0.25, 0.3) is 17.4 Å². The minimum absolute atomic E-state index is 0.112. The minimum Gasteiger partial charge on any atom is -0.462 e. The van der Waals surface area contributed by atoms with Gasteiger partial charge < -0.3 is 10.1 Å². The molecule has 0 saturated carbocycles. The Bertz CT molecular complexity index is 1280. The third-order valence-corrected chi connectivity index (χ3v) is 5.62. The molecule has 2 aromatic rings. The summed E-state index contributed by atoms with van der Waals surface area (Å²) in [4.78, 5) is 49.9. The fourth-order valence-electron chi connectivity index (χ4n) is 2.98.